The molecule has 1 rings (SSSR count). The molecule has 0 aromatic heterocycles. The fraction of sp³-hybridized carbons (Fsp3) is 0.625. The second-order valence-electron chi connectivity index (χ2n) is 3.10. The van der Waals surface area contributed by atoms with Crippen LogP contribution in [0.4, 0.5) is 0 Å². The lowest BCUT2D eigenvalue weighted by molar-refractivity contribution is -0.890. The number of nitrogens with one attached hydrogen (secondary N) is 1. The molecule has 2 nitrogen and oxygen atoms in total. The number of quaternary nitrogens is 1. The van der Waals surface area contributed by atoms with E-state index in [9.17, 15) is 4.79 Å². The maximum absolute atomic E-state index is 10.9. The molecule has 56 valence electrons. The van der Waals surface area contributed by atoms with Crippen LogP contribution < -0.4 is 4.90 Å². The molecule has 0 aromatic carbocycles. The van der Waals surface area contributed by atoms with Gasteiger partial charge in [-0.25, -0.2) is 0 Å². The molecule has 1 heterocycles. The predicted octanol–water partition coefficient (Wildman–Crippen LogP) is -0.581. The first-order valence-corrected chi connectivity index (χ1v) is 3.64. The summed E-state index contributed by atoms with van der Waals surface area (Å²) in [5.74, 6) is 0.258. The van der Waals surface area contributed by atoms with E-state index < -0.39 is 0 Å². The van der Waals surface area contributed by atoms with Gasteiger partial charge < -0.3 is 4.90 Å². The minimum atomic E-state index is 0.258. The van der Waals surface area contributed by atoms with Crippen LogP contribution in [0, 0.1) is 0 Å². The van der Waals surface area contributed by atoms with Crippen molar-refractivity contribution >= 4 is 5.78 Å². The molecule has 10 heavy (non-hydrogen) atoms. The highest BCUT2D eigenvalue weighted by Gasteiger charge is 2.22. The van der Waals surface area contributed by atoms with Crippen LogP contribution in [0.25, 0.3) is 0 Å². The first-order chi connectivity index (χ1) is 4.61. The summed E-state index contributed by atoms with van der Waals surface area (Å²) < 4.78 is 0. The van der Waals surface area contributed by atoms with Crippen LogP contribution in [0.5, 0.6) is 0 Å². The Kier molecular flexibility index (Phi) is 1.90. The Balaban J connectivity index is 2.80. The summed E-state index contributed by atoms with van der Waals surface area (Å²) in [5, 5.41) is 0. The molecular formula is C8H14NO+. The Morgan fingerprint density at radius 2 is 2.30 bits per heavy atom. The smallest absolute Gasteiger partial charge is 0.209 e. The average molecular weight is 140 g/mol. The molecule has 0 saturated carbocycles. The Labute approximate surface area is 61.5 Å². The SMILES string of the molecule is CC1=CC(=O)C[NH+](C)[C@@H]1C. The Bertz CT molecular complexity index is 184. The Morgan fingerprint density at radius 1 is 1.70 bits per heavy atom. The number of ketones is 1. The monoisotopic (exact) mass is 140 g/mol. The summed E-state index contributed by atoms with van der Waals surface area (Å²) in [6.07, 6.45) is 1.76. The zero-order chi connectivity index (χ0) is 7.72. The van der Waals surface area contributed by atoms with Gasteiger partial charge in [0.25, 0.3) is 0 Å². The van der Waals surface area contributed by atoms with Crippen LogP contribution >= 0.6 is 0 Å². The predicted molar refractivity (Wildman–Crippen MR) is 40.0 cm³/mol. The van der Waals surface area contributed by atoms with E-state index in [0.29, 0.717) is 12.6 Å². The van der Waals surface area contributed by atoms with E-state index in [0.717, 1.165) is 0 Å². The van der Waals surface area contributed by atoms with Gasteiger partial charge in [0, 0.05) is 0 Å². The first-order valence-electron chi connectivity index (χ1n) is 3.64. The summed E-state index contributed by atoms with van der Waals surface area (Å²) >= 11 is 0. The molecule has 2 heteroatoms. The molecule has 0 spiro atoms. The molecule has 1 N–H and O–H groups in total. The lowest BCUT2D eigenvalue weighted by Gasteiger charge is -2.24. The summed E-state index contributed by atoms with van der Waals surface area (Å²) in [6, 6.07) is 0.512. The average Bonchev–Trinajstić information content (AvgIpc) is 1.82. The Hall–Kier alpha value is -0.630. The maximum Gasteiger partial charge on any atom is 0.209 e. The van der Waals surface area contributed by atoms with Crippen molar-refractivity contribution in [3.05, 3.63) is 11.6 Å². The summed E-state index contributed by atoms with van der Waals surface area (Å²) in [5.41, 5.74) is 1.20. The van der Waals surface area contributed by atoms with Crippen molar-refractivity contribution in [3.63, 3.8) is 0 Å². The van der Waals surface area contributed by atoms with Gasteiger partial charge in [-0.05, 0) is 25.5 Å². The second kappa shape index (κ2) is 2.54. The molecule has 0 aromatic rings. The summed E-state index contributed by atoms with van der Waals surface area (Å²) in [6.45, 7) is 4.82. The van der Waals surface area contributed by atoms with Crippen molar-refractivity contribution in [2.24, 2.45) is 0 Å². The van der Waals surface area contributed by atoms with Gasteiger partial charge in [-0.1, -0.05) is 0 Å². The third-order valence-electron chi connectivity index (χ3n) is 2.26. The quantitative estimate of drug-likeness (QED) is 0.477. The van der Waals surface area contributed by atoms with Gasteiger partial charge in [-0.2, -0.15) is 0 Å². The summed E-state index contributed by atoms with van der Waals surface area (Å²) in [7, 11) is 2.05. The fourth-order valence-corrected chi connectivity index (χ4v) is 1.25. The highest BCUT2D eigenvalue weighted by atomic mass is 16.1. The highest BCUT2D eigenvalue weighted by molar-refractivity contribution is 5.91. The van der Waals surface area contributed by atoms with E-state index in [1.165, 1.54) is 10.5 Å². The zero-order valence-corrected chi connectivity index (χ0v) is 6.77. The van der Waals surface area contributed by atoms with Crippen LogP contribution in [0.2, 0.25) is 0 Å². The van der Waals surface area contributed by atoms with Crippen molar-refractivity contribution in [3.8, 4) is 0 Å². The van der Waals surface area contributed by atoms with Crippen LogP contribution in [0.3, 0.4) is 0 Å². The van der Waals surface area contributed by atoms with Crippen molar-refractivity contribution in [1.82, 2.24) is 0 Å². The number of hydrogen-bond donors (Lipinski definition) is 1. The molecule has 1 aliphatic heterocycles. The largest absolute Gasteiger partial charge is 0.325 e. The standard InChI is InChI=1S/C8H13NO/c1-6-4-8(10)5-9(3)7(6)2/h4,7H,5H2,1-3H3/p+1/t7-/m1/s1. The third kappa shape index (κ3) is 1.27. The van der Waals surface area contributed by atoms with E-state index in [2.05, 4.69) is 14.0 Å². The van der Waals surface area contributed by atoms with Crippen molar-refractivity contribution in [2.75, 3.05) is 13.6 Å². The van der Waals surface area contributed by atoms with E-state index in [4.69, 9.17) is 0 Å². The third-order valence-corrected chi connectivity index (χ3v) is 2.26. The van der Waals surface area contributed by atoms with E-state index in [1.807, 2.05) is 6.92 Å². The van der Waals surface area contributed by atoms with Gasteiger partial charge in [0.2, 0.25) is 5.78 Å². The van der Waals surface area contributed by atoms with Gasteiger partial charge in [-0.3, -0.25) is 4.79 Å². The molecule has 1 aliphatic rings. The number of carbonyl (C=O) groups is 1. The lowest BCUT2D eigenvalue weighted by atomic mass is 10.0. The second-order valence-corrected chi connectivity index (χ2v) is 3.10. The highest BCUT2D eigenvalue weighted by Crippen LogP contribution is 1.99. The molecular weight excluding hydrogens is 126 g/mol. The fourth-order valence-electron chi connectivity index (χ4n) is 1.25. The normalized spacial score (nSPS) is 33.9. The lowest BCUT2D eigenvalue weighted by Crippen LogP contribution is -3.14. The minimum absolute atomic E-state index is 0.258. The maximum atomic E-state index is 10.9. The molecule has 0 saturated heterocycles. The van der Waals surface area contributed by atoms with Crippen LogP contribution in [0.1, 0.15) is 13.8 Å². The molecule has 0 amide bonds. The van der Waals surface area contributed by atoms with E-state index in [-0.39, 0.29) is 5.78 Å². The molecule has 2 atom stereocenters. The van der Waals surface area contributed by atoms with E-state index >= 15 is 0 Å². The van der Waals surface area contributed by atoms with Gasteiger partial charge in [-0.15, -0.1) is 0 Å². The van der Waals surface area contributed by atoms with Crippen molar-refractivity contribution in [1.29, 1.82) is 0 Å². The van der Waals surface area contributed by atoms with Gasteiger partial charge in [0.1, 0.15) is 12.6 Å². The molecule has 1 unspecified atom stereocenters. The first kappa shape index (κ1) is 7.48. The van der Waals surface area contributed by atoms with Crippen LogP contribution in [-0.2, 0) is 4.79 Å². The molecule has 0 bridgehead atoms. The summed E-state index contributed by atoms with van der Waals surface area (Å²) in [4.78, 5) is 12.2. The van der Waals surface area contributed by atoms with Gasteiger partial charge >= 0.3 is 0 Å². The van der Waals surface area contributed by atoms with Crippen molar-refractivity contribution in [2.45, 2.75) is 19.9 Å². The molecule has 0 fully saturated rings. The number of likely N-dealkylation sites (N-methyl/N-ethyl adjacent to an activating group) is 1. The van der Waals surface area contributed by atoms with Gasteiger partial charge in [0.15, 0.2) is 0 Å². The number of hydrogen-bond acceptors (Lipinski definition) is 1. The minimum Gasteiger partial charge on any atom is -0.325 e. The van der Waals surface area contributed by atoms with Crippen molar-refractivity contribution < 1.29 is 9.69 Å². The number of carbonyl (C=O) groups excluding carboxylic acids is 1. The van der Waals surface area contributed by atoms with E-state index in [1.54, 1.807) is 6.08 Å². The number of rotatable bonds is 0. The van der Waals surface area contributed by atoms with Crippen LogP contribution in [0.15, 0.2) is 11.6 Å². The molecule has 0 radical (unpaired) electrons. The van der Waals surface area contributed by atoms with Gasteiger partial charge in [0.05, 0.1) is 7.05 Å². The molecule has 0 aliphatic carbocycles. The Morgan fingerprint density at radius 3 is 2.80 bits per heavy atom. The van der Waals surface area contributed by atoms with Crippen LogP contribution in [-0.4, -0.2) is 25.4 Å². The topological polar surface area (TPSA) is 21.5 Å². The zero-order valence-electron chi connectivity index (χ0n) is 6.77.